The summed E-state index contributed by atoms with van der Waals surface area (Å²) in [5, 5.41) is 14.0. The Kier molecular flexibility index (Phi) is 9.63. The summed E-state index contributed by atoms with van der Waals surface area (Å²) in [6.07, 6.45) is 3.77. The van der Waals surface area contributed by atoms with Crippen molar-refractivity contribution >= 4 is 22.8 Å². The molecule has 1 fully saturated rings. The van der Waals surface area contributed by atoms with E-state index >= 15 is 0 Å². The van der Waals surface area contributed by atoms with Gasteiger partial charge in [0.15, 0.2) is 0 Å². The molecule has 0 radical (unpaired) electrons. The van der Waals surface area contributed by atoms with E-state index in [0.717, 1.165) is 53.7 Å². The standard InChI is InChI=1S/C34H47N7O/c1-9-40(10-2)32(42)34(5,6)26-11-12-30-29(20-26)28(31(38-30)25-18-23(3)17-24(4)19-25)13-15-36-33(37-22-35)41-16-14-27(21-41)39(7)8/h11-12,17-20,27,38H,9-10,13-16,21H2,1-8H3,(H,36,37). The number of amides is 1. The number of likely N-dealkylation sites (N-methyl/N-ethyl adjacent to an activating group) is 2. The summed E-state index contributed by atoms with van der Waals surface area (Å²) in [6.45, 7) is 16.1. The number of rotatable bonds is 9. The van der Waals surface area contributed by atoms with E-state index in [4.69, 9.17) is 0 Å². The highest BCUT2D eigenvalue weighted by Crippen LogP contribution is 2.35. The summed E-state index contributed by atoms with van der Waals surface area (Å²) in [6, 6.07) is 13.5. The quantitative estimate of drug-likeness (QED) is 0.210. The molecule has 42 heavy (non-hydrogen) atoms. The largest absolute Gasteiger partial charge is 0.355 e. The highest BCUT2D eigenvalue weighted by Gasteiger charge is 2.33. The van der Waals surface area contributed by atoms with E-state index in [-0.39, 0.29) is 5.91 Å². The fraction of sp³-hybridized carbons (Fsp3) is 0.500. The molecule has 3 aromatic rings. The second-order valence-electron chi connectivity index (χ2n) is 12.3. The van der Waals surface area contributed by atoms with Crippen molar-refractivity contribution in [3.05, 3.63) is 58.7 Å². The Bertz CT molecular complexity index is 1470. The summed E-state index contributed by atoms with van der Waals surface area (Å²) < 4.78 is 0. The van der Waals surface area contributed by atoms with Crippen molar-refractivity contribution in [2.24, 2.45) is 4.99 Å². The van der Waals surface area contributed by atoms with Crippen LogP contribution >= 0.6 is 0 Å². The first-order valence-corrected chi connectivity index (χ1v) is 15.1. The number of H-pyrrole nitrogens is 1. The lowest BCUT2D eigenvalue weighted by molar-refractivity contribution is -0.135. The van der Waals surface area contributed by atoms with E-state index in [1.165, 1.54) is 16.7 Å². The van der Waals surface area contributed by atoms with Crippen LogP contribution in [0.5, 0.6) is 0 Å². The molecule has 1 aromatic heterocycles. The number of aliphatic imine (C=N–C) groups is 1. The van der Waals surface area contributed by atoms with Crippen molar-refractivity contribution in [2.45, 2.75) is 65.8 Å². The molecule has 2 N–H and O–H groups in total. The van der Waals surface area contributed by atoms with E-state index in [2.05, 4.69) is 89.4 Å². The van der Waals surface area contributed by atoms with Gasteiger partial charge in [0.05, 0.1) is 5.41 Å². The Morgan fingerprint density at radius 3 is 2.43 bits per heavy atom. The van der Waals surface area contributed by atoms with Gasteiger partial charge in [-0.3, -0.25) is 4.79 Å². The van der Waals surface area contributed by atoms with Gasteiger partial charge >= 0.3 is 0 Å². The maximum Gasteiger partial charge on any atom is 0.232 e. The first kappa shape index (κ1) is 31.1. The normalized spacial score (nSPS) is 15.9. The number of aromatic nitrogens is 1. The molecule has 1 atom stereocenters. The van der Waals surface area contributed by atoms with E-state index in [0.29, 0.717) is 31.6 Å². The summed E-state index contributed by atoms with van der Waals surface area (Å²) in [5.41, 5.74) is 7.27. The number of aromatic amines is 1. The minimum Gasteiger partial charge on any atom is -0.355 e. The van der Waals surface area contributed by atoms with Crippen molar-refractivity contribution < 1.29 is 4.79 Å². The molecule has 0 bridgehead atoms. The molecule has 1 saturated heterocycles. The van der Waals surface area contributed by atoms with Gasteiger partial charge in [-0.2, -0.15) is 5.26 Å². The molecule has 0 saturated carbocycles. The number of carbonyl (C=O) groups is 1. The predicted molar refractivity (Wildman–Crippen MR) is 173 cm³/mol. The Hall–Kier alpha value is -3.83. The molecule has 8 nitrogen and oxygen atoms in total. The zero-order valence-electron chi connectivity index (χ0n) is 26.6. The molecule has 2 heterocycles. The van der Waals surface area contributed by atoms with Gasteiger partial charge in [-0.15, -0.1) is 4.99 Å². The van der Waals surface area contributed by atoms with Gasteiger partial charge in [-0.05, 0) is 109 Å². The average Bonchev–Trinajstić information content (AvgIpc) is 3.58. The van der Waals surface area contributed by atoms with Crippen LogP contribution in [0.2, 0.25) is 0 Å². The Labute approximate surface area is 251 Å². The van der Waals surface area contributed by atoms with Gasteiger partial charge < -0.3 is 25.0 Å². The summed E-state index contributed by atoms with van der Waals surface area (Å²) >= 11 is 0. The Balaban J connectivity index is 1.71. The van der Waals surface area contributed by atoms with E-state index in [9.17, 15) is 10.1 Å². The summed E-state index contributed by atoms with van der Waals surface area (Å²) in [5.74, 6) is 0.778. The fourth-order valence-corrected chi connectivity index (χ4v) is 6.22. The molecule has 1 aliphatic rings. The van der Waals surface area contributed by atoms with Crippen molar-refractivity contribution in [3.8, 4) is 17.5 Å². The van der Waals surface area contributed by atoms with Crippen LogP contribution in [0.1, 0.15) is 56.4 Å². The fourth-order valence-electron chi connectivity index (χ4n) is 6.22. The van der Waals surface area contributed by atoms with Gasteiger partial charge in [0.1, 0.15) is 0 Å². The van der Waals surface area contributed by atoms with Crippen LogP contribution in [0.3, 0.4) is 0 Å². The smallest absolute Gasteiger partial charge is 0.232 e. The first-order chi connectivity index (χ1) is 20.0. The molecule has 0 aliphatic carbocycles. The lowest BCUT2D eigenvalue weighted by atomic mass is 9.82. The van der Waals surface area contributed by atoms with Crippen molar-refractivity contribution in [2.75, 3.05) is 46.8 Å². The number of guanidine groups is 1. The van der Waals surface area contributed by atoms with Gasteiger partial charge in [-0.25, -0.2) is 0 Å². The summed E-state index contributed by atoms with van der Waals surface area (Å²) in [4.78, 5) is 27.7. The van der Waals surface area contributed by atoms with Crippen LogP contribution < -0.4 is 5.32 Å². The zero-order chi connectivity index (χ0) is 30.6. The lowest BCUT2D eigenvalue weighted by Crippen LogP contribution is -2.43. The molecule has 2 aromatic carbocycles. The van der Waals surface area contributed by atoms with Gasteiger partial charge in [-0.1, -0.05) is 23.3 Å². The highest BCUT2D eigenvalue weighted by atomic mass is 16.2. The molecule has 1 aliphatic heterocycles. The molecule has 1 unspecified atom stereocenters. The van der Waals surface area contributed by atoms with E-state index in [1.807, 2.05) is 38.8 Å². The van der Waals surface area contributed by atoms with Crippen LogP contribution in [0.15, 0.2) is 41.4 Å². The third-order valence-electron chi connectivity index (χ3n) is 8.73. The average molecular weight is 570 g/mol. The van der Waals surface area contributed by atoms with E-state index < -0.39 is 5.41 Å². The minimum atomic E-state index is -0.654. The van der Waals surface area contributed by atoms with Crippen LogP contribution in [0, 0.1) is 25.3 Å². The maximum absolute atomic E-state index is 13.5. The number of likely N-dealkylation sites (tertiary alicyclic amines) is 1. The van der Waals surface area contributed by atoms with Crippen molar-refractivity contribution in [3.63, 3.8) is 0 Å². The monoisotopic (exact) mass is 569 g/mol. The molecular weight excluding hydrogens is 522 g/mol. The number of nitrogens with one attached hydrogen (secondary N) is 2. The van der Waals surface area contributed by atoms with Gasteiger partial charge in [0, 0.05) is 55.4 Å². The van der Waals surface area contributed by atoms with Crippen LogP contribution in [0.25, 0.3) is 22.2 Å². The Morgan fingerprint density at radius 1 is 1.14 bits per heavy atom. The topological polar surface area (TPSA) is 90.8 Å². The first-order valence-electron chi connectivity index (χ1n) is 15.1. The number of aryl methyl sites for hydroxylation is 2. The molecule has 8 heteroatoms. The third kappa shape index (κ3) is 6.47. The lowest BCUT2D eigenvalue weighted by Gasteiger charge is -2.31. The second-order valence-corrected chi connectivity index (χ2v) is 12.3. The Morgan fingerprint density at radius 2 is 1.83 bits per heavy atom. The molecule has 0 spiro atoms. The molecule has 224 valence electrons. The molecule has 4 rings (SSSR count). The number of hydrogen-bond acceptors (Lipinski definition) is 4. The van der Waals surface area contributed by atoms with Crippen molar-refractivity contribution in [1.29, 1.82) is 5.26 Å². The zero-order valence-corrected chi connectivity index (χ0v) is 26.6. The predicted octanol–water partition coefficient (Wildman–Crippen LogP) is 5.20. The van der Waals surface area contributed by atoms with Gasteiger partial charge in [0.25, 0.3) is 0 Å². The molecule has 1 amide bonds. The second kappa shape index (κ2) is 13.0. The number of fused-ring (bicyclic) bond motifs is 1. The number of hydrogen-bond donors (Lipinski definition) is 2. The third-order valence-corrected chi connectivity index (χ3v) is 8.73. The minimum absolute atomic E-state index is 0.138. The maximum atomic E-state index is 13.5. The number of nitrogens with zero attached hydrogens (tertiary/aromatic N) is 5. The van der Waals surface area contributed by atoms with Crippen LogP contribution in [0.4, 0.5) is 0 Å². The number of carbonyl (C=O) groups excluding carboxylic acids is 1. The van der Waals surface area contributed by atoms with E-state index in [1.54, 1.807) is 0 Å². The van der Waals surface area contributed by atoms with Gasteiger partial charge in [0.2, 0.25) is 18.1 Å². The number of nitriles is 1. The van der Waals surface area contributed by atoms with Crippen molar-refractivity contribution in [1.82, 2.24) is 25.0 Å². The highest BCUT2D eigenvalue weighted by molar-refractivity contribution is 5.94. The SMILES string of the molecule is CCN(CC)C(=O)C(C)(C)c1ccc2[nH]c(-c3cc(C)cc(C)c3)c(CCN/C(=N/C#N)N3CCC(N(C)C)C3)c2c1. The van der Waals surface area contributed by atoms with Crippen LogP contribution in [-0.2, 0) is 16.6 Å². The van der Waals surface area contributed by atoms with Crippen LogP contribution in [-0.4, -0.2) is 84.4 Å². The molecular formula is C34H47N7O. The number of benzene rings is 2. The summed E-state index contributed by atoms with van der Waals surface area (Å²) in [7, 11) is 4.19.